The summed E-state index contributed by atoms with van der Waals surface area (Å²) in [6.45, 7) is 0. The van der Waals surface area contributed by atoms with E-state index in [0.717, 1.165) is 0 Å². The molecule has 0 saturated heterocycles. The zero-order valence-electron chi connectivity index (χ0n) is 10.7. The Kier molecular flexibility index (Phi) is 1.23. The second kappa shape index (κ2) is 3.51. The van der Waals surface area contributed by atoms with Gasteiger partial charge in [-0.05, 0) is 0 Å². The molecule has 0 fully saturated rings. The van der Waals surface area contributed by atoms with Crippen molar-refractivity contribution in [2.45, 2.75) is 0 Å². The second-order valence-corrected chi connectivity index (χ2v) is 1.85. The maximum Gasteiger partial charge on any atom is 0.493 e. The molecule has 0 aliphatic carbocycles. The first-order chi connectivity index (χ1) is 7.63. The summed E-state index contributed by atoms with van der Waals surface area (Å²) in [4.78, 5) is 2.96. The summed E-state index contributed by atoms with van der Waals surface area (Å²) < 4.78 is 52.2. The van der Waals surface area contributed by atoms with Crippen LogP contribution in [0.1, 0.15) is 6.85 Å². The van der Waals surface area contributed by atoms with E-state index < -0.39 is 43.5 Å². The Morgan fingerprint density at radius 3 is 3.08 bits per heavy atom. The van der Waals surface area contributed by atoms with Crippen molar-refractivity contribution in [3.05, 3.63) is 18.0 Å². The number of aromatic nitrogens is 1. The molecule has 0 aliphatic rings. The molecule has 0 aromatic carbocycles. The minimum absolute atomic E-state index is 0.842. The number of hydrogen-bond donors (Lipinski definition) is 2. The van der Waals surface area contributed by atoms with Crippen molar-refractivity contribution < 1.29 is 26.0 Å². The van der Waals surface area contributed by atoms with Crippen molar-refractivity contribution in [1.82, 2.24) is 4.98 Å². The summed E-state index contributed by atoms with van der Waals surface area (Å²) in [6, 6.07) is -1.74. The van der Waals surface area contributed by atoms with E-state index in [2.05, 4.69) is 9.72 Å². The summed E-state index contributed by atoms with van der Waals surface area (Å²) in [5.74, 6) is -2.38. The molecule has 1 aromatic heterocycles. The molecule has 12 heavy (non-hydrogen) atoms. The van der Waals surface area contributed by atoms with E-state index in [9.17, 15) is 4.39 Å². The van der Waals surface area contributed by atoms with Crippen LogP contribution in [0, 0.1) is 5.95 Å². The number of hydrogen-bond acceptors (Lipinski definition) is 4. The molecule has 2 N–H and O–H groups in total. The third-order valence-corrected chi connectivity index (χ3v) is 1.08. The predicted octanol–water partition coefficient (Wildman–Crippen LogP) is -1.09. The van der Waals surface area contributed by atoms with Gasteiger partial charge in [0, 0.05) is 11.5 Å². The first-order valence-electron chi connectivity index (χ1n) is 5.35. The van der Waals surface area contributed by atoms with E-state index in [0.29, 0.717) is 0 Å². The molecular weight excluding hydrogens is 164 g/mol. The van der Waals surface area contributed by atoms with Crippen LogP contribution in [0.25, 0.3) is 0 Å². The van der Waals surface area contributed by atoms with Gasteiger partial charge in [-0.1, -0.05) is 6.04 Å². The number of rotatable bonds is 2. The van der Waals surface area contributed by atoms with Crippen LogP contribution in [-0.4, -0.2) is 29.2 Å². The Hall–Kier alpha value is -1.14. The SMILES string of the molecule is [2H]c1c(OC([2H])([2H])[2H])nc(F)c(B(O)O)c1[2H]. The third kappa shape index (κ3) is 1.72. The standard InChI is InChI=1S/C6H7BFNO3/c1-12-5-3-2-4(7(10)11)6(8)9-5/h2-3,10-11H,1H3/i1D3,2D,3D. The number of nitrogens with zero attached hydrogens (tertiary/aromatic N) is 1. The molecule has 64 valence electrons. The molecule has 0 atom stereocenters. The van der Waals surface area contributed by atoms with Gasteiger partial charge in [0.25, 0.3) is 0 Å². The van der Waals surface area contributed by atoms with Gasteiger partial charge in [-0.2, -0.15) is 9.37 Å². The summed E-state index contributed by atoms with van der Waals surface area (Å²) in [7, 11) is -5.26. The highest BCUT2D eigenvalue weighted by molar-refractivity contribution is 6.58. The van der Waals surface area contributed by atoms with Crippen LogP contribution in [0.4, 0.5) is 4.39 Å². The number of ether oxygens (including phenoxy) is 1. The quantitative estimate of drug-likeness (QED) is 0.443. The van der Waals surface area contributed by atoms with Gasteiger partial charge in [-0.15, -0.1) is 0 Å². The smallest absolute Gasteiger partial charge is 0.481 e. The van der Waals surface area contributed by atoms with E-state index >= 15 is 0 Å². The minimum atomic E-state index is -2.94. The average molecular weight is 176 g/mol. The summed E-state index contributed by atoms with van der Waals surface area (Å²) >= 11 is 0. The largest absolute Gasteiger partial charge is 0.493 e. The minimum Gasteiger partial charge on any atom is -0.481 e. The van der Waals surface area contributed by atoms with E-state index in [4.69, 9.17) is 16.9 Å². The zero-order chi connectivity index (χ0) is 13.4. The molecule has 0 spiro atoms. The molecule has 4 nitrogen and oxygen atoms in total. The normalized spacial score (nSPS) is 16.8. The zero-order valence-corrected chi connectivity index (χ0v) is 5.71. The highest BCUT2D eigenvalue weighted by Crippen LogP contribution is 2.03. The van der Waals surface area contributed by atoms with Gasteiger partial charge in [0.05, 0.1) is 13.9 Å². The Labute approximate surface area is 75.8 Å². The van der Waals surface area contributed by atoms with Crippen molar-refractivity contribution in [2.75, 3.05) is 7.04 Å². The lowest BCUT2D eigenvalue weighted by atomic mass is 9.81. The van der Waals surface area contributed by atoms with Gasteiger partial charge in [-0.25, -0.2) is 0 Å². The third-order valence-electron chi connectivity index (χ3n) is 1.08. The first-order valence-corrected chi connectivity index (χ1v) is 2.85. The monoisotopic (exact) mass is 176 g/mol. The lowest BCUT2D eigenvalue weighted by molar-refractivity contribution is 0.386. The van der Waals surface area contributed by atoms with Gasteiger partial charge in [0.2, 0.25) is 11.8 Å². The molecule has 0 bridgehead atoms. The van der Waals surface area contributed by atoms with Crippen LogP contribution in [-0.2, 0) is 0 Å². The highest BCUT2D eigenvalue weighted by Gasteiger charge is 2.17. The molecule has 1 heterocycles. The molecular formula is C6H7BFNO3. The van der Waals surface area contributed by atoms with E-state index in [1.807, 2.05) is 0 Å². The van der Waals surface area contributed by atoms with Crippen LogP contribution in [0.15, 0.2) is 12.1 Å². The van der Waals surface area contributed by atoms with E-state index in [1.54, 1.807) is 0 Å². The molecule has 0 saturated carbocycles. The lowest BCUT2D eigenvalue weighted by Crippen LogP contribution is -2.33. The van der Waals surface area contributed by atoms with Crippen molar-refractivity contribution in [2.24, 2.45) is 0 Å². The maximum absolute atomic E-state index is 13.2. The van der Waals surface area contributed by atoms with Crippen molar-refractivity contribution >= 4 is 12.6 Å². The second-order valence-electron chi connectivity index (χ2n) is 1.85. The van der Waals surface area contributed by atoms with Crippen LogP contribution in [0.3, 0.4) is 0 Å². The Balaban J connectivity index is 3.30. The Morgan fingerprint density at radius 1 is 1.75 bits per heavy atom. The fourth-order valence-corrected chi connectivity index (χ4v) is 0.569. The average Bonchev–Trinajstić information content (AvgIpc) is 2.10. The highest BCUT2D eigenvalue weighted by atomic mass is 19.1. The fourth-order valence-electron chi connectivity index (χ4n) is 0.569. The molecule has 1 aromatic rings. The van der Waals surface area contributed by atoms with Gasteiger partial charge in [-0.3, -0.25) is 0 Å². The van der Waals surface area contributed by atoms with Crippen LogP contribution in [0.5, 0.6) is 5.88 Å². The van der Waals surface area contributed by atoms with Gasteiger partial charge in [0.1, 0.15) is 0 Å². The van der Waals surface area contributed by atoms with Gasteiger partial charge < -0.3 is 14.8 Å². The predicted molar refractivity (Wildman–Crippen MR) is 40.6 cm³/mol. The summed E-state index contributed by atoms with van der Waals surface area (Å²) in [6.07, 6.45) is 0. The topological polar surface area (TPSA) is 62.6 Å². The molecule has 0 amide bonds. The van der Waals surface area contributed by atoms with Crippen LogP contribution in [0.2, 0.25) is 0 Å². The van der Waals surface area contributed by atoms with Gasteiger partial charge >= 0.3 is 7.12 Å². The van der Waals surface area contributed by atoms with Crippen molar-refractivity contribution in [1.29, 1.82) is 0 Å². The Bertz CT molecular complexity index is 441. The van der Waals surface area contributed by atoms with Crippen molar-refractivity contribution in [3.8, 4) is 5.88 Å². The fraction of sp³-hybridized carbons (Fsp3) is 0.167. The maximum atomic E-state index is 13.2. The Morgan fingerprint density at radius 2 is 2.50 bits per heavy atom. The molecule has 1 rings (SSSR count). The number of methoxy groups -OCH3 is 1. The van der Waals surface area contributed by atoms with Gasteiger partial charge in [0.15, 0.2) is 0 Å². The van der Waals surface area contributed by atoms with Crippen molar-refractivity contribution in [3.63, 3.8) is 0 Å². The number of pyridine rings is 1. The molecule has 0 radical (unpaired) electrons. The molecule has 0 aliphatic heterocycles. The molecule has 6 heteroatoms. The molecule has 0 unspecified atom stereocenters. The first kappa shape index (κ1) is 4.20. The summed E-state index contributed by atoms with van der Waals surface area (Å²) in [5, 5.41) is 17.5. The van der Waals surface area contributed by atoms with Crippen LogP contribution < -0.4 is 10.2 Å². The lowest BCUT2D eigenvalue weighted by Gasteiger charge is -2.02. The van der Waals surface area contributed by atoms with E-state index in [-0.39, 0.29) is 0 Å². The number of halogens is 1. The van der Waals surface area contributed by atoms with Crippen LogP contribution >= 0.6 is 0 Å². The van der Waals surface area contributed by atoms with E-state index in [1.165, 1.54) is 0 Å². The summed E-state index contributed by atoms with van der Waals surface area (Å²) in [5.41, 5.74) is -0.909.